The smallest absolute Gasteiger partial charge is 0.330 e. The lowest BCUT2D eigenvalue weighted by Crippen LogP contribution is -2.04. The highest BCUT2D eigenvalue weighted by Gasteiger charge is 1.92. The van der Waals surface area contributed by atoms with Gasteiger partial charge in [0.2, 0.25) is 0 Å². The SMILES string of the molecule is COC(=O)C=Cc1c[nH]c(=O)cn1. The van der Waals surface area contributed by atoms with Crippen LogP contribution in [-0.4, -0.2) is 23.0 Å². The predicted octanol–water partition coefficient (Wildman–Crippen LogP) is -0.0439. The van der Waals surface area contributed by atoms with Crippen molar-refractivity contribution in [2.45, 2.75) is 0 Å². The van der Waals surface area contributed by atoms with E-state index in [0.717, 1.165) is 6.20 Å². The molecule has 0 saturated carbocycles. The van der Waals surface area contributed by atoms with E-state index in [9.17, 15) is 9.59 Å². The van der Waals surface area contributed by atoms with Crippen molar-refractivity contribution in [1.82, 2.24) is 9.97 Å². The van der Waals surface area contributed by atoms with E-state index in [4.69, 9.17) is 0 Å². The molecule has 1 N–H and O–H groups in total. The molecular weight excluding hydrogens is 172 g/mol. The van der Waals surface area contributed by atoms with Crippen LogP contribution in [-0.2, 0) is 9.53 Å². The van der Waals surface area contributed by atoms with Crippen LogP contribution in [0.1, 0.15) is 5.69 Å². The van der Waals surface area contributed by atoms with E-state index in [2.05, 4.69) is 14.7 Å². The number of carbonyl (C=O) groups is 1. The van der Waals surface area contributed by atoms with Gasteiger partial charge in [0.1, 0.15) is 0 Å². The summed E-state index contributed by atoms with van der Waals surface area (Å²) in [5.74, 6) is -0.465. The summed E-state index contributed by atoms with van der Waals surface area (Å²) in [5, 5.41) is 0. The second-order valence-corrected chi connectivity index (χ2v) is 2.19. The molecule has 0 bridgehead atoms. The van der Waals surface area contributed by atoms with Crippen LogP contribution in [0.5, 0.6) is 0 Å². The average molecular weight is 180 g/mol. The largest absolute Gasteiger partial charge is 0.466 e. The highest BCUT2D eigenvalue weighted by Crippen LogP contribution is 1.92. The van der Waals surface area contributed by atoms with Crippen LogP contribution in [0.2, 0.25) is 0 Å². The topological polar surface area (TPSA) is 72.1 Å². The fourth-order valence-corrected chi connectivity index (χ4v) is 0.665. The first-order valence-electron chi connectivity index (χ1n) is 3.53. The molecule has 1 aromatic rings. The van der Waals surface area contributed by atoms with Crippen molar-refractivity contribution in [2.75, 3.05) is 7.11 Å². The molecule has 0 spiro atoms. The first kappa shape index (κ1) is 9.18. The zero-order chi connectivity index (χ0) is 9.68. The molecule has 0 aliphatic heterocycles. The third-order valence-electron chi connectivity index (χ3n) is 1.28. The Morgan fingerprint density at radius 3 is 3.00 bits per heavy atom. The molecular formula is C8H8N2O3. The highest BCUT2D eigenvalue weighted by molar-refractivity contribution is 5.86. The number of H-pyrrole nitrogens is 1. The van der Waals surface area contributed by atoms with Crippen molar-refractivity contribution in [3.63, 3.8) is 0 Å². The summed E-state index contributed by atoms with van der Waals surface area (Å²) in [7, 11) is 1.28. The molecule has 0 fully saturated rings. The Morgan fingerprint density at radius 1 is 1.69 bits per heavy atom. The number of nitrogens with one attached hydrogen (secondary N) is 1. The molecule has 1 heterocycles. The van der Waals surface area contributed by atoms with Gasteiger partial charge in [0, 0.05) is 12.3 Å². The quantitative estimate of drug-likeness (QED) is 0.511. The van der Waals surface area contributed by atoms with Crippen LogP contribution < -0.4 is 5.56 Å². The molecule has 0 aliphatic carbocycles. The molecule has 0 atom stereocenters. The van der Waals surface area contributed by atoms with E-state index in [1.54, 1.807) is 0 Å². The number of rotatable bonds is 2. The first-order chi connectivity index (χ1) is 6.22. The Bertz CT molecular complexity index is 361. The van der Waals surface area contributed by atoms with Crippen LogP contribution in [0.15, 0.2) is 23.3 Å². The molecule has 0 saturated heterocycles. The van der Waals surface area contributed by atoms with Gasteiger partial charge in [-0.05, 0) is 6.08 Å². The summed E-state index contributed by atoms with van der Waals surface area (Å²) in [6, 6.07) is 0. The zero-order valence-electron chi connectivity index (χ0n) is 6.98. The standard InChI is InChI=1S/C8H8N2O3/c1-13-8(12)3-2-6-4-10-7(11)5-9-6/h2-5H,1H3,(H,10,11). The van der Waals surface area contributed by atoms with E-state index >= 15 is 0 Å². The minimum absolute atomic E-state index is 0.282. The van der Waals surface area contributed by atoms with Gasteiger partial charge in [-0.3, -0.25) is 4.79 Å². The molecule has 0 radical (unpaired) electrons. The van der Waals surface area contributed by atoms with Gasteiger partial charge in [0.15, 0.2) is 0 Å². The van der Waals surface area contributed by atoms with E-state index in [0.29, 0.717) is 5.69 Å². The maximum atomic E-state index is 10.6. The molecule has 0 aliphatic rings. The zero-order valence-corrected chi connectivity index (χ0v) is 6.98. The molecule has 0 aromatic carbocycles. The third kappa shape index (κ3) is 2.90. The van der Waals surface area contributed by atoms with Gasteiger partial charge < -0.3 is 9.72 Å². The summed E-state index contributed by atoms with van der Waals surface area (Å²) in [6.45, 7) is 0. The van der Waals surface area contributed by atoms with Gasteiger partial charge in [0.25, 0.3) is 5.56 Å². The van der Waals surface area contributed by atoms with Crippen molar-refractivity contribution in [3.8, 4) is 0 Å². The van der Waals surface area contributed by atoms with E-state index < -0.39 is 5.97 Å². The van der Waals surface area contributed by atoms with E-state index in [1.165, 1.54) is 25.5 Å². The molecule has 68 valence electrons. The lowest BCUT2D eigenvalue weighted by molar-refractivity contribution is -0.134. The lowest BCUT2D eigenvalue weighted by Gasteiger charge is -1.90. The second kappa shape index (κ2) is 4.20. The summed E-state index contributed by atoms with van der Waals surface area (Å²) in [4.78, 5) is 27.4. The number of aromatic amines is 1. The second-order valence-electron chi connectivity index (χ2n) is 2.19. The van der Waals surface area contributed by atoms with Crippen molar-refractivity contribution in [2.24, 2.45) is 0 Å². The maximum Gasteiger partial charge on any atom is 0.330 e. The molecule has 13 heavy (non-hydrogen) atoms. The van der Waals surface area contributed by atoms with Gasteiger partial charge in [-0.15, -0.1) is 0 Å². The molecule has 1 rings (SSSR count). The number of methoxy groups -OCH3 is 1. The first-order valence-corrected chi connectivity index (χ1v) is 3.53. The average Bonchev–Trinajstić information content (AvgIpc) is 2.16. The van der Waals surface area contributed by atoms with Crippen LogP contribution >= 0.6 is 0 Å². The van der Waals surface area contributed by atoms with Crippen molar-refractivity contribution in [1.29, 1.82) is 0 Å². The van der Waals surface area contributed by atoms with Gasteiger partial charge in [-0.2, -0.15) is 0 Å². The molecule has 5 heteroatoms. The molecule has 0 amide bonds. The Labute approximate surface area is 74.1 Å². The number of nitrogens with zero attached hydrogens (tertiary/aromatic N) is 1. The fraction of sp³-hybridized carbons (Fsp3) is 0.125. The lowest BCUT2D eigenvalue weighted by atomic mass is 10.4. The minimum atomic E-state index is -0.465. The number of hydrogen-bond donors (Lipinski definition) is 1. The Hall–Kier alpha value is -1.91. The number of ether oxygens (including phenoxy) is 1. The summed E-state index contributed by atoms with van der Waals surface area (Å²) < 4.78 is 4.37. The van der Waals surface area contributed by atoms with Gasteiger partial charge in [-0.25, -0.2) is 9.78 Å². The van der Waals surface area contributed by atoms with Gasteiger partial charge in [0.05, 0.1) is 19.0 Å². The molecule has 0 unspecified atom stereocenters. The van der Waals surface area contributed by atoms with E-state index in [-0.39, 0.29) is 5.56 Å². The number of carbonyl (C=O) groups excluding carboxylic acids is 1. The number of aromatic nitrogens is 2. The van der Waals surface area contributed by atoms with Gasteiger partial charge in [-0.1, -0.05) is 0 Å². The van der Waals surface area contributed by atoms with E-state index in [1.807, 2.05) is 0 Å². The van der Waals surface area contributed by atoms with Crippen molar-refractivity contribution in [3.05, 3.63) is 34.5 Å². The Morgan fingerprint density at radius 2 is 2.46 bits per heavy atom. The predicted molar refractivity (Wildman–Crippen MR) is 45.9 cm³/mol. The summed E-state index contributed by atoms with van der Waals surface area (Å²) in [5.41, 5.74) is 0.209. The minimum Gasteiger partial charge on any atom is -0.466 e. The molecule has 1 aromatic heterocycles. The normalized spacial score (nSPS) is 10.2. The maximum absolute atomic E-state index is 10.6. The highest BCUT2D eigenvalue weighted by atomic mass is 16.5. The van der Waals surface area contributed by atoms with Gasteiger partial charge >= 0.3 is 5.97 Å². The van der Waals surface area contributed by atoms with Crippen LogP contribution in [0.4, 0.5) is 0 Å². The van der Waals surface area contributed by atoms with Crippen LogP contribution in [0.25, 0.3) is 6.08 Å². The van der Waals surface area contributed by atoms with Crippen LogP contribution in [0, 0.1) is 0 Å². The Balaban J connectivity index is 2.75. The third-order valence-corrected chi connectivity index (χ3v) is 1.28. The van der Waals surface area contributed by atoms with Crippen LogP contribution in [0.3, 0.4) is 0 Å². The Kier molecular flexibility index (Phi) is 2.97. The summed E-state index contributed by atoms with van der Waals surface area (Å²) >= 11 is 0. The number of hydrogen-bond acceptors (Lipinski definition) is 4. The fourth-order valence-electron chi connectivity index (χ4n) is 0.665. The van der Waals surface area contributed by atoms with Crippen molar-refractivity contribution < 1.29 is 9.53 Å². The number of esters is 1. The summed E-state index contributed by atoms with van der Waals surface area (Å²) in [6.07, 6.45) is 5.21. The van der Waals surface area contributed by atoms with Crippen molar-refractivity contribution >= 4 is 12.0 Å². The molecule has 5 nitrogen and oxygen atoms in total. The monoisotopic (exact) mass is 180 g/mol.